The quantitative estimate of drug-likeness (QED) is 0.464. The fourth-order valence-electron chi connectivity index (χ4n) is 1.31. The van der Waals surface area contributed by atoms with Gasteiger partial charge in [0.1, 0.15) is 5.78 Å². The van der Waals surface area contributed by atoms with Crippen LogP contribution in [0.2, 0.25) is 0 Å². The molecule has 2 nitrogen and oxygen atoms in total. The van der Waals surface area contributed by atoms with Crippen LogP contribution < -0.4 is 0 Å². The molecule has 16 heavy (non-hydrogen) atoms. The highest BCUT2D eigenvalue weighted by atomic mass is 16.1. The molecule has 0 atom stereocenters. The standard InChI is InChI=1S/C14H22O2/c1-4-5-6-7-8-12(2)11-14(16)10-9-13(3)15/h5-6,11H,4,7-10H2,1-3H3. The largest absolute Gasteiger partial charge is 0.300 e. The van der Waals surface area contributed by atoms with E-state index < -0.39 is 0 Å². The summed E-state index contributed by atoms with van der Waals surface area (Å²) in [4.78, 5) is 22.1. The molecule has 0 aliphatic heterocycles. The summed E-state index contributed by atoms with van der Waals surface area (Å²) in [6, 6.07) is 0. The fraction of sp³-hybridized carbons (Fsp3) is 0.571. The molecule has 0 amide bonds. The van der Waals surface area contributed by atoms with Crippen LogP contribution >= 0.6 is 0 Å². The Balaban J connectivity index is 3.87. The molecule has 2 heteroatoms. The van der Waals surface area contributed by atoms with Crippen molar-refractivity contribution in [1.82, 2.24) is 0 Å². The van der Waals surface area contributed by atoms with Crippen molar-refractivity contribution in [3.8, 4) is 0 Å². The van der Waals surface area contributed by atoms with Crippen molar-refractivity contribution in [1.29, 1.82) is 0 Å². The summed E-state index contributed by atoms with van der Waals surface area (Å²) in [5.74, 6) is 0.137. The van der Waals surface area contributed by atoms with E-state index in [2.05, 4.69) is 19.1 Å². The molecule has 0 saturated heterocycles. The van der Waals surface area contributed by atoms with Gasteiger partial charge in [-0.05, 0) is 39.2 Å². The fourth-order valence-corrected chi connectivity index (χ4v) is 1.31. The summed E-state index contributed by atoms with van der Waals surface area (Å²) in [6.07, 6.45) is 9.60. The van der Waals surface area contributed by atoms with Crippen molar-refractivity contribution in [3.05, 3.63) is 23.8 Å². The molecule has 0 heterocycles. The van der Waals surface area contributed by atoms with Crippen molar-refractivity contribution in [2.24, 2.45) is 0 Å². The third-order valence-electron chi connectivity index (χ3n) is 2.24. The van der Waals surface area contributed by atoms with Crippen LogP contribution in [0.25, 0.3) is 0 Å². The molecular formula is C14H22O2. The molecule has 0 aromatic carbocycles. The van der Waals surface area contributed by atoms with Crippen LogP contribution in [0.5, 0.6) is 0 Å². The third-order valence-corrected chi connectivity index (χ3v) is 2.24. The molecule has 0 radical (unpaired) electrons. The summed E-state index contributed by atoms with van der Waals surface area (Å²) in [5.41, 5.74) is 1.09. The Bertz CT molecular complexity index is 285. The number of ketones is 2. The maximum absolute atomic E-state index is 11.4. The van der Waals surface area contributed by atoms with Crippen LogP contribution in [-0.2, 0) is 9.59 Å². The van der Waals surface area contributed by atoms with Crippen LogP contribution in [0.3, 0.4) is 0 Å². The number of carbonyl (C=O) groups excluding carboxylic acids is 2. The van der Waals surface area contributed by atoms with E-state index in [0.29, 0.717) is 12.8 Å². The predicted molar refractivity (Wildman–Crippen MR) is 67.3 cm³/mol. The Morgan fingerprint density at radius 1 is 1.00 bits per heavy atom. The van der Waals surface area contributed by atoms with Gasteiger partial charge in [-0.3, -0.25) is 4.79 Å². The van der Waals surface area contributed by atoms with Gasteiger partial charge in [-0.15, -0.1) is 0 Å². The Morgan fingerprint density at radius 3 is 2.25 bits per heavy atom. The highest BCUT2D eigenvalue weighted by Crippen LogP contribution is 2.06. The average Bonchev–Trinajstić information content (AvgIpc) is 2.21. The second-order valence-electron chi connectivity index (χ2n) is 4.08. The molecule has 0 N–H and O–H groups in total. The normalized spacial score (nSPS) is 12.1. The minimum absolute atomic E-state index is 0.0622. The van der Waals surface area contributed by atoms with E-state index in [4.69, 9.17) is 0 Å². The number of hydrogen-bond donors (Lipinski definition) is 0. The Labute approximate surface area is 98.4 Å². The summed E-state index contributed by atoms with van der Waals surface area (Å²) in [7, 11) is 0. The minimum Gasteiger partial charge on any atom is -0.300 e. The molecular weight excluding hydrogens is 200 g/mol. The molecule has 0 aromatic rings. The van der Waals surface area contributed by atoms with Gasteiger partial charge in [-0.1, -0.05) is 24.6 Å². The molecule has 0 aromatic heterocycles. The number of rotatable bonds is 8. The number of allylic oxidation sites excluding steroid dienone is 4. The smallest absolute Gasteiger partial charge is 0.156 e. The van der Waals surface area contributed by atoms with Crippen molar-refractivity contribution in [3.63, 3.8) is 0 Å². The highest BCUT2D eigenvalue weighted by molar-refractivity contribution is 5.92. The highest BCUT2D eigenvalue weighted by Gasteiger charge is 2.01. The van der Waals surface area contributed by atoms with Crippen LogP contribution in [0.1, 0.15) is 52.9 Å². The summed E-state index contributed by atoms with van der Waals surface area (Å²) >= 11 is 0. The summed E-state index contributed by atoms with van der Waals surface area (Å²) in [6.45, 7) is 5.58. The first kappa shape index (κ1) is 14.8. The summed E-state index contributed by atoms with van der Waals surface area (Å²) < 4.78 is 0. The van der Waals surface area contributed by atoms with Gasteiger partial charge in [0.2, 0.25) is 0 Å². The molecule has 0 rings (SSSR count). The van der Waals surface area contributed by atoms with Crippen molar-refractivity contribution in [2.75, 3.05) is 0 Å². The lowest BCUT2D eigenvalue weighted by Gasteiger charge is -1.98. The molecule has 0 fully saturated rings. The average molecular weight is 222 g/mol. The van der Waals surface area contributed by atoms with Gasteiger partial charge in [0.15, 0.2) is 5.78 Å². The van der Waals surface area contributed by atoms with E-state index in [-0.39, 0.29) is 11.6 Å². The van der Waals surface area contributed by atoms with Gasteiger partial charge in [0.25, 0.3) is 0 Å². The van der Waals surface area contributed by atoms with E-state index >= 15 is 0 Å². The predicted octanol–water partition coefficient (Wildman–Crippen LogP) is 3.62. The van der Waals surface area contributed by atoms with Gasteiger partial charge in [0, 0.05) is 12.8 Å². The van der Waals surface area contributed by atoms with E-state index in [1.165, 1.54) is 6.92 Å². The van der Waals surface area contributed by atoms with Gasteiger partial charge in [-0.25, -0.2) is 0 Å². The van der Waals surface area contributed by atoms with Crippen LogP contribution in [-0.4, -0.2) is 11.6 Å². The number of Topliss-reactive ketones (excluding diaryl/α,β-unsaturated/α-hetero) is 1. The zero-order valence-corrected chi connectivity index (χ0v) is 10.6. The molecule has 0 saturated carbocycles. The summed E-state index contributed by atoms with van der Waals surface area (Å²) in [5, 5.41) is 0. The Morgan fingerprint density at radius 2 is 1.69 bits per heavy atom. The van der Waals surface area contributed by atoms with Gasteiger partial charge < -0.3 is 4.79 Å². The molecule has 0 aliphatic carbocycles. The van der Waals surface area contributed by atoms with Crippen LogP contribution in [0.15, 0.2) is 23.8 Å². The minimum atomic E-state index is 0.0622. The first-order valence-electron chi connectivity index (χ1n) is 5.90. The zero-order chi connectivity index (χ0) is 12.4. The molecule has 0 spiro atoms. The van der Waals surface area contributed by atoms with Gasteiger partial charge >= 0.3 is 0 Å². The maximum atomic E-state index is 11.4. The van der Waals surface area contributed by atoms with E-state index in [1.54, 1.807) is 6.08 Å². The van der Waals surface area contributed by atoms with Crippen molar-refractivity contribution < 1.29 is 9.59 Å². The molecule has 0 aliphatic rings. The second-order valence-corrected chi connectivity index (χ2v) is 4.08. The lowest BCUT2D eigenvalue weighted by atomic mass is 10.1. The van der Waals surface area contributed by atoms with E-state index in [1.807, 2.05) is 6.92 Å². The second kappa shape index (κ2) is 9.08. The Hall–Kier alpha value is -1.18. The van der Waals surface area contributed by atoms with E-state index in [9.17, 15) is 9.59 Å². The van der Waals surface area contributed by atoms with Crippen LogP contribution in [0.4, 0.5) is 0 Å². The number of carbonyl (C=O) groups is 2. The molecule has 90 valence electrons. The van der Waals surface area contributed by atoms with Gasteiger partial charge in [0.05, 0.1) is 0 Å². The lowest BCUT2D eigenvalue weighted by molar-refractivity contribution is -0.121. The van der Waals surface area contributed by atoms with Gasteiger partial charge in [-0.2, -0.15) is 0 Å². The monoisotopic (exact) mass is 222 g/mol. The Kier molecular flexibility index (Phi) is 8.41. The SMILES string of the molecule is CCC=CCCC(C)=CC(=O)CCC(C)=O. The zero-order valence-electron chi connectivity index (χ0n) is 10.6. The van der Waals surface area contributed by atoms with Crippen molar-refractivity contribution >= 4 is 11.6 Å². The van der Waals surface area contributed by atoms with E-state index in [0.717, 1.165) is 24.8 Å². The number of hydrogen-bond acceptors (Lipinski definition) is 2. The van der Waals surface area contributed by atoms with Crippen molar-refractivity contribution in [2.45, 2.75) is 52.9 Å². The lowest BCUT2D eigenvalue weighted by Crippen LogP contribution is -1.98. The first-order valence-corrected chi connectivity index (χ1v) is 5.90. The molecule has 0 unspecified atom stereocenters. The van der Waals surface area contributed by atoms with Crippen LogP contribution in [0, 0.1) is 0 Å². The maximum Gasteiger partial charge on any atom is 0.156 e. The topological polar surface area (TPSA) is 34.1 Å². The first-order chi connectivity index (χ1) is 7.56. The molecule has 0 bridgehead atoms. The third kappa shape index (κ3) is 9.38.